The number of benzene rings is 1. The molecule has 1 aliphatic rings. The van der Waals surface area contributed by atoms with E-state index in [1.165, 1.54) is 31.8 Å². The highest BCUT2D eigenvalue weighted by Gasteiger charge is 2.37. The highest BCUT2D eigenvalue weighted by atomic mass is 16.7. The fraction of sp³-hybridized carbons (Fsp3) is 0.500. The summed E-state index contributed by atoms with van der Waals surface area (Å²) in [4.78, 5) is 29.1. The molecule has 1 heterocycles. The number of unbranched alkanes of at least 4 members (excludes halogenated alkanes) is 5. The van der Waals surface area contributed by atoms with Crippen molar-refractivity contribution in [1.29, 1.82) is 0 Å². The molecule has 2 rings (SSSR count). The van der Waals surface area contributed by atoms with Crippen molar-refractivity contribution in [3.8, 4) is 0 Å². The maximum atomic E-state index is 12.1. The number of ether oxygens (including phenoxy) is 1. The highest BCUT2D eigenvalue weighted by molar-refractivity contribution is 6.16. The van der Waals surface area contributed by atoms with Crippen LogP contribution in [0.4, 0.5) is 4.79 Å². The van der Waals surface area contributed by atoms with E-state index in [1.807, 2.05) is 30.3 Å². The first-order chi connectivity index (χ1) is 13.4. The van der Waals surface area contributed by atoms with Gasteiger partial charge in [0.1, 0.15) is 0 Å². The Labute approximate surface area is 167 Å². The zero-order valence-electron chi connectivity index (χ0n) is 17.0. The molecule has 0 aliphatic carbocycles. The van der Waals surface area contributed by atoms with Gasteiger partial charge < -0.3 is 10.1 Å². The van der Waals surface area contributed by atoms with E-state index in [-0.39, 0.29) is 5.78 Å². The molecule has 0 aromatic heterocycles. The lowest BCUT2D eigenvalue weighted by Gasteiger charge is -2.18. The second-order valence-electron chi connectivity index (χ2n) is 7.36. The van der Waals surface area contributed by atoms with E-state index in [1.54, 1.807) is 13.8 Å². The number of hydrogen-bond acceptors (Lipinski definition) is 5. The largest absolute Gasteiger partial charge is 0.477 e. The number of amides is 1. The lowest BCUT2D eigenvalue weighted by atomic mass is 10.1. The quantitative estimate of drug-likeness (QED) is 0.273. The Kier molecular flexibility index (Phi) is 8.23. The molecule has 1 N–H and O–H groups in total. The third-order valence-corrected chi connectivity index (χ3v) is 4.52. The van der Waals surface area contributed by atoms with Gasteiger partial charge in [-0.2, -0.15) is 0 Å². The number of rotatable bonds is 10. The van der Waals surface area contributed by atoms with Crippen LogP contribution in [0.2, 0.25) is 0 Å². The maximum Gasteiger partial charge on any atom is 0.433 e. The minimum Gasteiger partial charge on any atom is -0.477 e. The predicted molar refractivity (Wildman–Crippen MR) is 109 cm³/mol. The van der Waals surface area contributed by atoms with Gasteiger partial charge in [0.25, 0.3) is 0 Å². The van der Waals surface area contributed by atoms with Gasteiger partial charge in [0.05, 0.1) is 0 Å². The smallest absolute Gasteiger partial charge is 0.433 e. The molecule has 1 aromatic rings. The Morgan fingerprint density at radius 1 is 1.11 bits per heavy atom. The average molecular weight is 386 g/mol. The van der Waals surface area contributed by atoms with Crippen LogP contribution >= 0.6 is 0 Å². The summed E-state index contributed by atoms with van der Waals surface area (Å²) in [7, 11) is 0. The Hall–Kier alpha value is -2.63. The molecule has 0 saturated heterocycles. The first-order valence-electron chi connectivity index (χ1n) is 9.98. The fourth-order valence-corrected chi connectivity index (χ4v) is 2.82. The van der Waals surface area contributed by atoms with Gasteiger partial charge in [0.15, 0.2) is 17.1 Å². The Bertz CT molecular complexity index is 723. The zero-order valence-corrected chi connectivity index (χ0v) is 17.0. The van der Waals surface area contributed by atoms with Crippen molar-refractivity contribution in [3.63, 3.8) is 0 Å². The molecule has 1 amide bonds. The van der Waals surface area contributed by atoms with Crippen LogP contribution in [-0.4, -0.2) is 29.7 Å². The van der Waals surface area contributed by atoms with Gasteiger partial charge in [-0.1, -0.05) is 74.5 Å². The van der Waals surface area contributed by atoms with Crippen LogP contribution < -0.4 is 5.32 Å². The molecule has 0 bridgehead atoms. The molecule has 6 heteroatoms. The summed E-state index contributed by atoms with van der Waals surface area (Å²) in [6, 6.07) is 9.18. The van der Waals surface area contributed by atoms with Crippen LogP contribution in [0, 0.1) is 0 Å². The van der Waals surface area contributed by atoms with Gasteiger partial charge in [-0.3, -0.25) is 9.63 Å². The number of nitrogens with one attached hydrogen (secondary N) is 1. The van der Waals surface area contributed by atoms with E-state index >= 15 is 0 Å². The molecular weight excluding hydrogens is 356 g/mol. The number of allylic oxidation sites excluding steroid dienone is 1. The number of carbonyl (C=O) groups is 2. The van der Waals surface area contributed by atoms with Crippen LogP contribution in [0.1, 0.15) is 64.9 Å². The molecular formula is C22H30N2O4. The standard InChI is InChI=1S/C22H30N2O4/c1-4-5-6-7-8-12-15-23-21(26)28-24-20(17-13-10-9-11-14-17)18-16-19(25)22(2,3)27-18/h9-11,13-14,16H,4-8,12,15H2,1-3H3,(H,23,26)/b24-20-. The summed E-state index contributed by atoms with van der Waals surface area (Å²) in [5.41, 5.74) is 0.0579. The summed E-state index contributed by atoms with van der Waals surface area (Å²) < 4.78 is 5.72. The van der Waals surface area contributed by atoms with Crippen LogP contribution in [0.5, 0.6) is 0 Å². The molecule has 152 valence electrons. The fourth-order valence-electron chi connectivity index (χ4n) is 2.82. The van der Waals surface area contributed by atoms with Crippen LogP contribution in [-0.2, 0) is 14.4 Å². The second kappa shape index (κ2) is 10.6. The van der Waals surface area contributed by atoms with E-state index in [4.69, 9.17) is 9.57 Å². The van der Waals surface area contributed by atoms with E-state index < -0.39 is 11.7 Å². The van der Waals surface area contributed by atoms with E-state index in [0.717, 1.165) is 12.8 Å². The van der Waals surface area contributed by atoms with Gasteiger partial charge in [-0.25, -0.2) is 4.79 Å². The average Bonchev–Trinajstić information content (AvgIpc) is 2.94. The third kappa shape index (κ3) is 6.51. The monoisotopic (exact) mass is 386 g/mol. The highest BCUT2D eigenvalue weighted by Crippen LogP contribution is 2.27. The minimum absolute atomic E-state index is 0.154. The SMILES string of the molecule is CCCCCCCCNC(=O)O/N=C(\C1=CC(=O)C(C)(C)O1)c1ccccc1. The Morgan fingerprint density at radius 2 is 1.79 bits per heavy atom. The lowest BCUT2D eigenvalue weighted by Crippen LogP contribution is -2.28. The van der Waals surface area contributed by atoms with Crippen LogP contribution in [0.25, 0.3) is 0 Å². The molecule has 0 radical (unpaired) electrons. The number of hydrogen-bond donors (Lipinski definition) is 1. The van der Waals surface area contributed by atoms with E-state index in [0.29, 0.717) is 23.6 Å². The number of oxime groups is 1. The van der Waals surface area contributed by atoms with Gasteiger partial charge >= 0.3 is 6.09 Å². The molecule has 28 heavy (non-hydrogen) atoms. The first-order valence-corrected chi connectivity index (χ1v) is 9.98. The Balaban J connectivity index is 1.93. The zero-order chi connectivity index (χ0) is 20.4. The van der Waals surface area contributed by atoms with E-state index in [2.05, 4.69) is 17.4 Å². The van der Waals surface area contributed by atoms with Crippen molar-refractivity contribution in [1.82, 2.24) is 5.32 Å². The van der Waals surface area contributed by atoms with Crippen LogP contribution in [0.15, 0.2) is 47.3 Å². The number of nitrogens with zero attached hydrogens (tertiary/aromatic N) is 1. The lowest BCUT2D eigenvalue weighted by molar-refractivity contribution is -0.126. The summed E-state index contributed by atoms with van der Waals surface area (Å²) >= 11 is 0. The molecule has 0 atom stereocenters. The molecule has 0 saturated carbocycles. The van der Waals surface area contributed by atoms with Crippen molar-refractivity contribution < 1.29 is 19.2 Å². The van der Waals surface area contributed by atoms with Crippen LogP contribution in [0.3, 0.4) is 0 Å². The molecule has 0 unspecified atom stereocenters. The second-order valence-corrected chi connectivity index (χ2v) is 7.36. The molecule has 1 aromatic carbocycles. The molecule has 0 spiro atoms. The third-order valence-electron chi connectivity index (χ3n) is 4.52. The van der Waals surface area contributed by atoms with E-state index in [9.17, 15) is 9.59 Å². The van der Waals surface area contributed by atoms with Gasteiger partial charge in [0, 0.05) is 18.2 Å². The van der Waals surface area contributed by atoms with Crippen molar-refractivity contribution in [3.05, 3.63) is 47.7 Å². The van der Waals surface area contributed by atoms with Crippen molar-refractivity contribution in [2.24, 2.45) is 5.16 Å². The van der Waals surface area contributed by atoms with Crippen molar-refractivity contribution in [2.75, 3.05) is 6.54 Å². The predicted octanol–water partition coefficient (Wildman–Crippen LogP) is 4.74. The van der Waals surface area contributed by atoms with Gasteiger partial charge in [-0.15, -0.1) is 0 Å². The first kappa shape index (κ1) is 21.7. The Morgan fingerprint density at radius 3 is 2.43 bits per heavy atom. The van der Waals surface area contributed by atoms with Crippen molar-refractivity contribution >= 4 is 17.6 Å². The molecule has 6 nitrogen and oxygen atoms in total. The van der Waals surface area contributed by atoms with Gasteiger partial charge in [0.2, 0.25) is 5.78 Å². The summed E-state index contributed by atoms with van der Waals surface area (Å²) in [6.45, 7) is 6.11. The number of carbonyl (C=O) groups excluding carboxylic acids is 2. The summed E-state index contributed by atoms with van der Waals surface area (Å²) in [5.74, 6) is 0.142. The van der Waals surface area contributed by atoms with Gasteiger partial charge in [-0.05, 0) is 20.3 Å². The summed E-state index contributed by atoms with van der Waals surface area (Å²) in [6.07, 6.45) is 7.64. The number of ketones is 1. The maximum absolute atomic E-state index is 12.1. The normalized spacial score (nSPS) is 15.8. The van der Waals surface area contributed by atoms with Crippen molar-refractivity contribution in [2.45, 2.75) is 64.9 Å². The molecule has 1 aliphatic heterocycles. The summed E-state index contributed by atoms with van der Waals surface area (Å²) in [5, 5.41) is 6.67. The molecule has 0 fully saturated rings. The topological polar surface area (TPSA) is 77.0 Å². The minimum atomic E-state index is -0.953.